The number of unbranched alkanes of at least 4 members (excludes halogenated alkanes) is 1. The molecule has 0 unspecified atom stereocenters. The van der Waals surface area contributed by atoms with Gasteiger partial charge in [-0.15, -0.1) is 12.4 Å². The van der Waals surface area contributed by atoms with Crippen LogP contribution in [0.3, 0.4) is 0 Å². The number of hydrogen-bond acceptors (Lipinski definition) is 6. The molecule has 0 radical (unpaired) electrons. The minimum Gasteiger partial charge on any atom is -0.353 e. The number of nitrogens with one attached hydrogen (secondary N) is 2. The average molecular weight is 488 g/mol. The van der Waals surface area contributed by atoms with Crippen molar-refractivity contribution in [1.29, 1.82) is 0 Å². The van der Waals surface area contributed by atoms with Gasteiger partial charge in [-0.05, 0) is 67.3 Å². The van der Waals surface area contributed by atoms with Crippen molar-refractivity contribution in [2.45, 2.75) is 19.8 Å². The maximum Gasteiger partial charge on any atom is 0.251 e. The predicted molar refractivity (Wildman–Crippen MR) is 138 cm³/mol. The summed E-state index contributed by atoms with van der Waals surface area (Å²) < 4.78 is 5.93. The minimum absolute atomic E-state index is 0. The standard InChI is InChI=1S/C24H29N5O2S.ClH/c1-18(30)26-20-10-8-19(9-11-20)24(31)25-12-4-5-13-28-14-16-29(17-15-28)23-21-6-2-3-7-22(21)32-27-23;/h2-3,6-11H,4-5,12-17H2,1H3,(H,25,31)(H,26,30);1H. The third kappa shape index (κ3) is 6.66. The van der Waals surface area contributed by atoms with Crippen LogP contribution in [-0.4, -0.2) is 60.4 Å². The SMILES string of the molecule is CC(=O)Nc1ccc(C(=O)NCCCCN2CCN(c3nsc4ccccc34)CC2)cc1.Cl. The summed E-state index contributed by atoms with van der Waals surface area (Å²) in [4.78, 5) is 28.2. The normalized spacial score (nSPS) is 14.0. The van der Waals surface area contributed by atoms with Gasteiger partial charge < -0.3 is 15.5 Å². The number of anilines is 2. The number of fused-ring (bicyclic) bond motifs is 1. The minimum atomic E-state index is -0.125. The topological polar surface area (TPSA) is 77.6 Å². The van der Waals surface area contributed by atoms with Crippen molar-refractivity contribution in [3.63, 3.8) is 0 Å². The quantitative estimate of drug-likeness (QED) is 0.469. The molecule has 3 aromatic rings. The molecule has 176 valence electrons. The van der Waals surface area contributed by atoms with Gasteiger partial charge in [0.2, 0.25) is 5.91 Å². The number of rotatable bonds is 8. The van der Waals surface area contributed by atoms with Crippen LogP contribution in [0.4, 0.5) is 11.5 Å². The fourth-order valence-corrected chi connectivity index (χ4v) is 4.75. The van der Waals surface area contributed by atoms with Crippen LogP contribution < -0.4 is 15.5 Å². The molecule has 1 aliphatic heterocycles. The summed E-state index contributed by atoms with van der Waals surface area (Å²) in [7, 11) is 0. The molecule has 0 bridgehead atoms. The van der Waals surface area contributed by atoms with Gasteiger partial charge in [0.25, 0.3) is 5.91 Å². The van der Waals surface area contributed by atoms with Gasteiger partial charge in [0, 0.05) is 56.3 Å². The number of nitrogens with zero attached hydrogens (tertiary/aromatic N) is 3. The van der Waals surface area contributed by atoms with Gasteiger partial charge in [0.05, 0.1) is 4.70 Å². The second-order valence-corrected chi connectivity index (χ2v) is 8.86. The van der Waals surface area contributed by atoms with E-state index in [0.717, 1.165) is 51.4 Å². The van der Waals surface area contributed by atoms with Crippen molar-refractivity contribution in [1.82, 2.24) is 14.6 Å². The monoisotopic (exact) mass is 487 g/mol. The second kappa shape index (κ2) is 12.0. The third-order valence-electron chi connectivity index (χ3n) is 5.68. The summed E-state index contributed by atoms with van der Waals surface area (Å²) >= 11 is 1.57. The lowest BCUT2D eigenvalue weighted by molar-refractivity contribution is -0.114. The van der Waals surface area contributed by atoms with Crippen LogP contribution >= 0.6 is 23.9 Å². The first-order chi connectivity index (χ1) is 15.6. The van der Waals surface area contributed by atoms with E-state index in [4.69, 9.17) is 0 Å². The Morgan fingerprint density at radius 3 is 2.45 bits per heavy atom. The Balaban J connectivity index is 0.00000306. The van der Waals surface area contributed by atoms with E-state index in [0.29, 0.717) is 17.8 Å². The van der Waals surface area contributed by atoms with E-state index in [-0.39, 0.29) is 24.2 Å². The van der Waals surface area contributed by atoms with Gasteiger partial charge in [-0.25, -0.2) is 0 Å². The molecule has 0 spiro atoms. The Labute approximate surface area is 204 Å². The number of piperazine rings is 1. The van der Waals surface area contributed by atoms with Crippen molar-refractivity contribution in [2.75, 3.05) is 49.5 Å². The first-order valence-corrected chi connectivity index (χ1v) is 11.8. The third-order valence-corrected chi connectivity index (χ3v) is 6.50. The molecule has 2 heterocycles. The molecule has 1 aliphatic rings. The summed E-state index contributed by atoms with van der Waals surface area (Å²) in [6.45, 7) is 7.25. The molecule has 4 rings (SSSR count). The number of aromatic nitrogens is 1. The van der Waals surface area contributed by atoms with E-state index in [2.05, 4.69) is 49.1 Å². The highest BCUT2D eigenvalue weighted by Crippen LogP contribution is 2.29. The first kappa shape index (κ1) is 25.0. The highest BCUT2D eigenvalue weighted by Gasteiger charge is 2.20. The number of carbonyl (C=O) groups is 2. The van der Waals surface area contributed by atoms with E-state index in [1.165, 1.54) is 17.0 Å². The maximum atomic E-state index is 12.3. The molecular weight excluding hydrogens is 458 g/mol. The van der Waals surface area contributed by atoms with Crippen LogP contribution in [0.1, 0.15) is 30.1 Å². The summed E-state index contributed by atoms with van der Waals surface area (Å²) in [5, 5.41) is 6.93. The van der Waals surface area contributed by atoms with Gasteiger partial charge in [0.1, 0.15) is 5.82 Å². The Morgan fingerprint density at radius 1 is 1.00 bits per heavy atom. The number of hydrogen-bond donors (Lipinski definition) is 2. The molecule has 0 aliphatic carbocycles. The van der Waals surface area contributed by atoms with Crippen LogP contribution in [0.15, 0.2) is 48.5 Å². The first-order valence-electron chi connectivity index (χ1n) is 11.1. The molecule has 1 aromatic heterocycles. The highest BCUT2D eigenvalue weighted by atomic mass is 35.5. The lowest BCUT2D eigenvalue weighted by Crippen LogP contribution is -2.46. The second-order valence-electron chi connectivity index (χ2n) is 8.05. The molecule has 0 saturated carbocycles. The number of amides is 2. The van der Waals surface area contributed by atoms with E-state index in [1.807, 2.05) is 0 Å². The Kier molecular flexibility index (Phi) is 9.05. The van der Waals surface area contributed by atoms with Crippen molar-refractivity contribution < 1.29 is 9.59 Å². The van der Waals surface area contributed by atoms with E-state index < -0.39 is 0 Å². The fraction of sp³-hybridized carbons (Fsp3) is 0.375. The van der Waals surface area contributed by atoms with Crippen molar-refractivity contribution in [3.05, 3.63) is 54.1 Å². The molecule has 2 aromatic carbocycles. The van der Waals surface area contributed by atoms with Crippen molar-refractivity contribution in [2.24, 2.45) is 0 Å². The smallest absolute Gasteiger partial charge is 0.251 e. The molecule has 2 amide bonds. The van der Waals surface area contributed by atoms with E-state index >= 15 is 0 Å². The molecular formula is C24H30ClN5O2S. The Bertz CT molecular complexity index is 1060. The zero-order valence-electron chi connectivity index (χ0n) is 18.8. The van der Waals surface area contributed by atoms with Gasteiger partial charge in [-0.1, -0.05) is 12.1 Å². The zero-order chi connectivity index (χ0) is 22.3. The molecule has 1 fully saturated rings. The summed E-state index contributed by atoms with van der Waals surface area (Å²) in [6, 6.07) is 15.4. The average Bonchev–Trinajstić information content (AvgIpc) is 3.23. The number of benzene rings is 2. The summed E-state index contributed by atoms with van der Waals surface area (Å²) in [6.07, 6.45) is 2.01. The van der Waals surface area contributed by atoms with Crippen LogP contribution in [0, 0.1) is 0 Å². The maximum absolute atomic E-state index is 12.3. The summed E-state index contributed by atoms with van der Waals surface area (Å²) in [5.74, 6) is 0.918. The van der Waals surface area contributed by atoms with Gasteiger partial charge >= 0.3 is 0 Å². The predicted octanol–water partition coefficient (Wildman–Crippen LogP) is 4.01. The molecule has 9 heteroatoms. The van der Waals surface area contributed by atoms with Crippen molar-refractivity contribution >= 4 is 57.3 Å². The molecule has 33 heavy (non-hydrogen) atoms. The molecule has 2 N–H and O–H groups in total. The van der Waals surface area contributed by atoms with Crippen LogP contribution in [0.5, 0.6) is 0 Å². The van der Waals surface area contributed by atoms with Crippen LogP contribution in [0.25, 0.3) is 10.1 Å². The fourth-order valence-electron chi connectivity index (χ4n) is 3.96. The Morgan fingerprint density at radius 2 is 1.73 bits per heavy atom. The Hall–Kier alpha value is -2.68. The van der Waals surface area contributed by atoms with Crippen molar-refractivity contribution in [3.8, 4) is 0 Å². The molecule has 1 saturated heterocycles. The lowest BCUT2D eigenvalue weighted by atomic mass is 10.2. The van der Waals surface area contributed by atoms with Gasteiger partial charge in [-0.3, -0.25) is 14.5 Å². The zero-order valence-corrected chi connectivity index (χ0v) is 20.4. The lowest BCUT2D eigenvalue weighted by Gasteiger charge is -2.35. The molecule has 0 atom stereocenters. The number of carbonyl (C=O) groups excluding carboxylic acids is 2. The largest absolute Gasteiger partial charge is 0.353 e. The summed E-state index contributed by atoms with van der Waals surface area (Å²) in [5.41, 5.74) is 1.29. The van der Waals surface area contributed by atoms with E-state index in [1.54, 1.807) is 35.8 Å². The van der Waals surface area contributed by atoms with Crippen LogP contribution in [-0.2, 0) is 4.79 Å². The van der Waals surface area contributed by atoms with Gasteiger partial charge in [0.15, 0.2) is 0 Å². The highest BCUT2D eigenvalue weighted by molar-refractivity contribution is 7.13. The van der Waals surface area contributed by atoms with Gasteiger partial charge in [-0.2, -0.15) is 4.37 Å². The van der Waals surface area contributed by atoms with E-state index in [9.17, 15) is 9.59 Å². The molecule has 7 nitrogen and oxygen atoms in total. The number of halogens is 1. The van der Waals surface area contributed by atoms with Crippen LogP contribution in [0.2, 0.25) is 0 Å².